The summed E-state index contributed by atoms with van der Waals surface area (Å²) in [5.74, 6) is 0. The van der Waals surface area contributed by atoms with Gasteiger partial charge in [-0.2, -0.15) is 0 Å². The summed E-state index contributed by atoms with van der Waals surface area (Å²) in [6.45, 7) is 2.00. The van der Waals surface area contributed by atoms with Gasteiger partial charge in [0.2, 0.25) is 0 Å². The summed E-state index contributed by atoms with van der Waals surface area (Å²) >= 11 is 0. The SMILES string of the molecule is CCCCCCCCCCCCC/C=C/C(O)C(COP(=O)(O)O)NC. The molecule has 2 atom stereocenters. The Hall–Kier alpha value is -0.230. The van der Waals surface area contributed by atoms with E-state index in [0.29, 0.717) is 0 Å². The van der Waals surface area contributed by atoms with Crippen LogP contribution in [-0.2, 0) is 9.09 Å². The smallest absolute Gasteiger partial charge is 0.387 e. The van der Waals surface area contributed by atoms with E-state index in [0.717, 1.165) is 12.8 Å². The first kappa shape index (κ1) is 25.8. The molecule has 4 N–H and O–H groups in total. The van der Waals surface area contributed by atoms with Gasteiger partial charge >= 0.3 is 7.82 Å². The summed E-state index contributed by atoms with van der Waals surface area (Å²) in [4.78, 5) is 17.4. The van der Waals surface area contributed by atoms with Crippen LogP contribution in [0.4, 0.5) is 0 Å². The highest BCUT2D eigenvalue weighted by Gasteiger charge is 2.21. The van der Waals surface area contributed by atoms with Crippen LogP contribution < -0.4 is 5.32 Å². The highest BCUT2D eigenvalue weighted by molar-refractivity contribution is 7.46. The fourth-order valence-corrected chi connectivity index (χ4v) is 3.18. The van der Waals surface area contributed by atoms with Gasteiger partial charge in [-0.05, 0) is 19.9 Å². The molecular formula is C19H40NO5P. The van der Waals surface area contributed by atoms with E-state index in [2.05, 4.69) is 16.8 Å². The van der Waals surface area contributed by atoms with Crippen LogP contribution in [0.2, 0.25) is 0 Å². The lowest BCUT2D eigenvalue weighted by Crippen LogP contribution is -2.40. The van der Waals surface area contributed by atoms with Crippen molar-refractivity contribution in [2.75, 3.05) is 13.7 Å². The Bertz CT molecular complexity index is 386. The molecule has 0 aliphatic rings. The van der Waals surface area contributed by atoms with Crippen molar-refractivity contribution in [3.8, 4) is 0 Å². The van der Waals surface area contributed by atoms with Gasteiger partial charge in [0.25, 0.3) is 0 Å². The van der Waals surface area contributed by atoms with Gasteiger partial charge < -0.3 is 20.2 Å². The van der Waals surface area contributed by atoms with E-state index in [-0.39, 0.29) is 6.61 Å². The molecule has 0 fully saturated rings. The Morgan fingerprint density at radius 3 is 1.92 bits per heavy atom. The third-order valence-electron chi connectivity index (χ3n) is 4.51. The maximum atomic E-state index is 10.7. The molecule has 0 aromatic carbocycles. The molecule has 0 bridgehead atoms. The van der Waals surface area contributed by atoms with E-state index in [1.165, 1.54) is 64.2 Å². The molecule has 0 heterocycles. The quantitative estimate of drug-likeness (QED) is 0.157. The minimum absolute atomic E-state index is 0.245. The fraction of sp³-hybridized carbons (Fsp3) is 0.895. The van der Waals surface area contributed by atoms with Crippen LogP contribution in [0.3, 0.4) is 0 Å². The average molecular weight is 394 g/mol. The second kappa shape index (κ2) is 16.9. The topological polar surface area (TPSA) is 99.0 Å². The molecule has 0 aliphatic heterocycles. The fourth-order valence-electron chi connectivity index (χ4n) is 2.83. The van der Waals surface area contributed by atoms with Crippen molar-refractivity contribution in [2.45, 2.75) is 96.1 Å². The van der Waals surface area contributed by atoms with Gasteiger partial charge in [-0.3, -0.25) is 4.52 Å². The number of aliphatic hydroxyl groups excluding tert-OH is 1. The van der Waals surface area contributed by atoms with E-state index in [1.54, 1.807) is 13.1 Å². The molecule has 0 saturated heterocycles. The van der Waals surface area contributed by atoms with Crippen molar-refractivity contribution in [1.29, 1.82) is 0 Å². The van der Waals surface area contributed by atoms with E-state index < -0.39 is 20.0 Å². The number of unbranched alkanes of at least 4 members (excludes halogenated alkanes) is 11. The van der Waals surface area contributed by atoms with Crippen molar-refractivity contribution in [3.05, 3.63) is 12.2 Å². The molecule has 2 unspecified atom stereocenters. The molecule has 0 aromatic rings. The summed E-state index contributed by atoms with van der Waals surface area (Å²) in [7, 11) is -2.89. The highest BCUT2D eigenvalue weighted by Crippen LogP contribution is 2.35. The monoisotopic (exact) mass is 393 g/mol. The maximum Gasteiger partial charge on any atom is 0.469 e. The number of phosphoric acid groups is 1. The number of aliphatic hydroxyl groups is 1. The normalized spacial score (nSPS) is 14.8. The first-order chi connectivity index (χ1) is 12.4. The van der Waals surface area contributed by atoms with Gasteiger partial charge in [0.15, 0.2) is 0 Å². The predicted octanol–water partition coefficient (Wildman–Crippen LogP) is 4.30. The van der Waals surface area contributed by atoms with Crippen molar-refractivity contribution in [2.24, 2.45) is 0 Å². The highest BCUT2D eigenvalue weighted by atomic mass is 31.2. The minimum atomic E-state index is -4.51. The predicted molar refractivity (Wildman–Crippen MR) is 107 cm³/mol. The Morgan fingerprint density at radius 2 is 1.46 bits per heavy atom. The number of allylic oxidation sites excluding steroid dienone is 1. The molecule has 0 amide bonds. The van der Waals surface area contributed by atoms with Crippen LogP contribution in [0.15, 0.2) is 12.2 Å². The number of phosphoric ester groups is 1. The molecule has 7 heteroatoms. The van der Waals surface area contributed by atoms with Gasteiger partial charge in [0, 0.05) is 0 Å². The van der Waals surface area contributed by atoms with E-state index in [1.807, 2.05) is 6.08 Å². The van der Waals surface area contributed by atoms with Crippen LogP contribution >= 0.6 is 7.82 Å². The molecule has 0 saturated carbocycles. The number of nitrogens with one attached hydrogen (secondary N) is 1. The van der Waals surface area contributed by atoms with Gasteiger partial charge in [0.1, 0.15) is 0 Å². The molecule has 156 valence electrons. The molecule has 0 aliphatic carbocycles. The summed E-state index contributed by atoms with van der Waals surface area (Å²) in [5.41, 5.74) is 0. The average Bonchev–Trinajstić information content (AvgIpc) is 2.58. The third kappa shape index (κ3) is 17.2. The third-order valence-corrected chi connectivity index (χ3v) is 5.00. The number of hydrogen-bond acceptors (Lipinski definition) is 4. The Labute approximate surface area is 159 Å². The standard InChI is InChI=1S/C19H40NO5P/c1-3-4-5-6-7-8-9-10-11-12-13-14-15-16-19(21)18(20-2)17-25-26(22,23)24/h15-16,18-21H,3-14,17H2,1-2H3,(H2,22,23,24)/b16-15+. The van der Waals surface area contributed by atoms with Crippen LogP contribution in [0, 0.1) is 0 Å². The minimum Gasteiger partial charge on any atom is -0.387 e. The maximum absolute atomic E-state index is 10.7. The largest absolute Gasteiger partial charge is 0.469 e. The van der Waals surface area contributed by atoms with Crippen molar-refractivity contribution in [1.82, 2.24) is 5.32 Å². The molecule has 0 aromatic heterocycles. The molecule has 0 rings (SSSR count). The number of rotatable bonds is 18. The lowest BCUT2D eigenvalue weighted by atomic mass is 10.0. The van der Waals surface area contributed by atoms with Crippen LogP contribution in [-0.4, -0.2) is 40.7 Å². The van der Waals surface area contributed by atoms with Gasteiger partial charge in [-0.25, -0.2) is 4.57 Å². The van der Waals surface area contributed by atoms with Crippen LogP contribution in [0.5, 0.6) is 0 Å². The summed E-state index contributed by atoms with van der Waals surface area (Å²) in [5, 5.41) is 12.8. The van der Waals surface area contributed by atoms with Crippen LogP contribution in [0.1, 0.15) is 84.0 Å². The number of likely N-dealkylation sites (N-methyl/N-ethyl adjacent to an activating group) is 1. The lowest BCUT2D eigenvalue weighted by molar-refractivity contribution is 0.116. The van der Waals surface area contributed by atoms with Crippen molar-refractivity contribution >= 4 is 7.82 Å². The number of hydrogen-bond donors (Lipinski definition) is 4. The van der Waals surface area contributed by atoms with E-state index in [4.69, 9.17) is 9.79 Å². The van der Waals surface area contributed by atoms with Gasteiger partial charge in [0.05, 0.1) is 18.8 Å². The summed E-state index contributed by atoms with van der Waals surface area (Å²) < 4.78 is 15.1. The molecular weight excluding hydrogens is 353 g/mol. The first-order valence-electron chi connectivity index (χ1n) is 10.1. The van der Waals surface area contributed by atoms with E-state index in [9.17, 15) is 9.67 Å². The Balaban J connectivity index is 3.59. The molecule has 26 heavy (non-hydrogen) atoms. The first-order valence-corrected chi connectivity index (χ1v) is 11.7. The summed E-state index contributed by atoms with van der Waals surface area (Å²) in [6.07, 6.45) is 18.1. The van der Waals surface area contributed by atoms with Crippen molar-refractivity contribution < 1.29 is 24.0 Å². The second-order valence-corrected chi connectivity index (χ2v) is 8.16. The van der Waals surface area contributed by atoms with E-state index >= 15 is 0 Å². The molecule has 0 radical (unpaired) electrons. The van der Waals surface area contributed by atoms with Gasteiger partial charge in [-0.15, -0.1) is 0 Å². The zero-order valence-corrected chi connectivity index (χ0v) is 17.5. The Morgan fingerprint density at radius 1 is 0.962 bits per heavy atom. The zero-order chi connectivity index (χ0) is 19.7. The lowest BCUT2D eigenvalue weighted by Gasteiger charge is -2.20. The molecule has 6 nitrogen and oxygen atoms in total. The second-order valence-electron chi connectivity index (χ2n) is 6.92. The van der Waals surface area contributed by atoms with Gasteiger partial charge in [-0.1, -0.05) is 83.3 Å². The Kier molecular flexibility index (Phi) is 16.8. The molecule has 0 spiro atoms. The van der Waals surface area contributed by atoms with Crippen molar-refractivity contribution in [3.63, 3.8) is 0 Å². The zero-order valence-electron chi connectivity index (χ0n) is 16.6. The summed E-state index contributed by atoms with van der Waals surface area (Å²) in [6, 6.07) is -0.545. The van der Waals surface area contributed by atoms with Crippen LogP contribution in [0.25, 0.3) is 0 Å².